The van der Waals surface area contributed by atoms with Crippen molar-refractivity contribution in [3.63, 3.8) is 0 Å². The van der Waals surface area contributed by atoms with E-state index in [-0.39, 0.29) is 11.9 Å². The van der Waals surface area contributed by atoms with Gasteiger partial charge in [-0.1, -0.05) is 66.2 Å². The number of rotatable bonds is 5. The normalized spacial score (nSPS) is 12.1. The smallest absolute Gasteiger partial charge is 0.253 e. The quantitative estimate of drug-likeness (QED) is 0.508. The summed E-state index contributed by atoms with van der Waals surface area (Å²) >= 11 is 6.17. The Labute approximate surface area is 168 Å². The first-order valence-corrected chi connectivity index (χ1v) is 9.56. The van der Waals surface area contributed by atoms with Gasteiger partial charge in [0.2, 0.25) is 0 Å². The molecule has 28 heavy (non-hydrogen) atoms. The van der Waals surface area contributed by atoms with Crippen LogP contribution in [0.5, 0.6) is 0 Å². The number of nitrogens with one attached hydrogen (secondary N) is 1. The highest BCUT2D eigenvalue weighted by atomic mass is 35.5. The van der Waals surface area contributed by atoms with E-state index < -0.39 is 0 Å². The van der Waals surface area contributed by atoms with E-state index in [0.717, 1.165) is 16.9 Å². The number of para-hydroxylation sites is 2. The Bertz CT molecular complexity index is 1120. The average Bonchev–Trinajstić information content (AvgIpc) is 3.08. The number of carbonyl (C=O) groups excluding carboxylic acids is 1. The Morgan fingerprint density at radius 2 is 1.68 bits per heavy atom. The van der Waals surface area contributed by atoms with Gasteiger partial charge in [-0.15, -0.1) is 0 Å². The SMILES string of the molecule is C[C@H](NC(=O)c1ccccc1Cl)c1nc2ccccc2n1Cc1ccccc1. The highest BCUT2D eigenvalue weighted by Crippen LogP contribution is 2.23. The van der Waals surface area contributed by atoms with Gasteiger partial charge in [0.15, 0.2) is 0 Å². The fraction of sp³-hybridized carbons (Fsp3) is 0.130. The number of carbonyl (C=O) groups is 1. The Hall–Kier alpha value is -3.11. The molecule has 4 nitrogen and oxygen atoms in total. The van der Waals surface area contributed by atoms with Crippen LogP contribution in [0.2, 0.25) is 5.02 Å². The van der Waals surface area contributed by atoms with Gasteiger partial charge < -0.3 is 9.88 Å². The molecule has 1 heterocycles. The van der Waals surface area contributed by atoms with E-state index in [0.29, 0.717) is 17.1 Å². The molecule has 1 N–H and O–H groups in total. The predicted octanol–water partition coefficient (Wildman–Crippen LogP) is 5.23. The molecule has 1 aromatic heterocycles. The van der Waals surface area contributed by atoms with Crippen LogP contribution in [0.1, 0.15) is 34.7 Å². The number of imidazole rings is 1. The number of fused-ring (bicyclic) bond motifs is 1. The second kappa shape index (κ2) is 7.87. The molecule has 5 heteroatoms. The monoisotopic (exact) mass is 389 g/mol. The fourth-order valence-corrected chi connectivity index (χ4v) is 3.56. The zero-order chi connectivity index (χ0) is 19.5. The van der Waals surface area contributed by atoms with Crippen LogP contribution in [-0.4, -0.2) is 15.5 Å². The van der Waals surface area contributed by atoms with E-state index in [4.69, 9.17) is 16.6 Å². The van der Waals surface area contributed by atoms with Crippen LogP contribution in [0.25, 0.3) is 11.0 Å². The minimum Gasteiger partial charge on any atom is -0.342 e. The Balaban J connectivity index is 1.68. The molecule has 0 unspecified atom stereocenters. The molecule has 3 aromatic carbocycles. The van der Waals surface area contributed by atoms with Gasteiger partial charge in [-0.25, -0.2) is 4.98 Å². The minimum atomic E-state index is -0.278. The predicted molar refractivity (Wildman–Crippen MR) is 113 cm³/mol. The Kier molecular flexibility index (Phi) is 5.13. The van der Waals surface area contributed by atoms with Gasteiger partial charge in [0.1, 0.15) is 5.82 Å². The van der Waals surface area contributed by atoms with Crippen LogP contribution in [0.15, 0.2) is 78.9 Å². The van der Waals surface area contributed by atoms with Gasteiger partial charge >= 0.3 is 0 Å². The summed E-state index contributed by atoms with van der Waals surface area (Å²) in [5.74, 6) is 0.599. The highest BCUT2D eigenvalue weighted by molar-refractivity contribution is 6.33. The largest absolute Gasteiger partial charge is 0.342 e. The molecule has 140 valence electrons. The van der Waals surface area contributed by atoms with Gasteiger partial charge in [0.25, 0.3) is 5.91 Å². The second-order valence-electron chi connectivity index (χ2n) is 6.71. The molecule has 1 atom stereocenters. The summed E-state index contributed by atoms with van der Waals surface area (Å²) in [5.41, 5.74) is 3.59. The molecule has 0 saturated heterocycles. The first-order valence-electron chi connectivity index (χ1n) is 9.18. The summed E-state index contributed by atoms with van der Waals surface area (Å²) in [6.45, 7) is 2.63. The first kappa shape index (κ1) is 18.3. The molecule has 1 amide bonds. The third kappa shape index (κ3) is 3.64. The molecule has 0 aliphatic rings. The number of amides is 1. The van der Waals surface area contributed by atoms with Gasteiger partial charge in [-0.05, 0) is 36.8 Å². The Morgan fingerprint density at radius 3 is 2.46 bits per heavy atom. The van der Waals surface area contributed by atoms with Crippen LogP contribution >= 0.6 is 11.6 Å². The van der Waals surface area contributed by atoms with Crippen molar-refractivity contribution >= 4 is 28.5 Å². The molecular weight excluding hydrogens is 370 g/mol. The summed E-state index contributed by atoms with van der Waals surface area (Å²) in [6, 6.07) is 25.0. The molecule has 0 aliphatic heterocycles. The number of hydrogen-bond acceptors (Lipinski definition) is 2. The molecule has 4 aromatic rings. The van der Waals surface area contributed by atoms with Gasteiger partial charge in [-0.3, -0.25) is 4.79 Å². The third-order valence-electron chi connectivity index (χ3n) is 4.72. The number of nitrogens with zero attached hydrogens (tertiary/aromatic N) is 2. The molecule has 0 saturated carbocycles. The van der Waals surface area contributed by atoms with Crippen molar-refractivity contribution in [1.82, 2.24) is 14.9 Å². The molecule has 0 bridgehead atoms. The summed E-state index contributed by atoms with van der Waals surface area (Å²) in [6.07, 6.45) is 0. The van der Waals surface area contributed by atoms with Gasteiger partial charge in [0.05, 0.1) is 27.7 Å². The van der Waals surface area contributed by atoms with Crippen molar-refractivity contribution < 1.29 is 4.79 Å². The van der Waals surface area contributed by atoms with Crippen LogP contribution < -0.4 is 5.32 Å². The number of hydrogen-bond donors (Lipinski definition) is 1. The van der Waals surface area contributed by atoms with Crippen LogP contribution in [0.3, 0.4) is 0 Å². The van der Waals surface area contributed by atoms with Crippen LogP contribution in [0, 0.1) is 0 Å². The molecule has 0 spiro atoms. The number of halogens is 1. The summed E-state index contributed by atoms with van der Waals surface area (Å²) in [5, 5.41) is 3.47. The average molecular weight is 390 g/mol. The van der Waals surface area contributed by atoms with Crippen molar-refractivity contribution in [2.75, 3.05) is 0 Å². The topological polar surface area (TPSA) is 46.9 Å². The molecular formula is C23H20ClN3O. The summed E-state index contributed by atoms with van der Waals surface area (Å²) in [4.78, 5) is 17.5. The molecule has 0 aliphatic carbocycles. The number of benzene rings is 3. The minimum absolute atomic E-state index is 0.212. The van der Waals surface area contributed by atoms with Gasteiger partial charge in [-0.2, -0.15) is 0 Å². The van der Waals surface area contributed by atoms with Gasteiger partial charge in [0, 0.05) is 6.54 Å². The maximum Gasteiger partial charge on any atom is 0.253 e. The zero-order valence-corrected chi connectivity index (χ0v) is 16.2. The molecule has 0 fully saturated rings. The van der Waals surface area contributed by atoms with Crippen molar-refractivity contribution in [2.24, 2.45) is 0 Å². The lowest BCUT2D eigenvalue weighted by molar-refractivity contribution is 0.0938. The third-order valence-corrected chi connectivity index (χ3v) is 5.05. The van der Waals surface area contributed by atoms with E-state index in [1.165, 1.54) is 5.56 Å². The van der Waals surface area contributed by atoms with E-state index in [9.17, 15) is 4.79 Å². The fourth-order valence-electron chi connectivity index (χ4n) is 3.34. The Morgan fingerprint density at radius 1 is 1.00 bits per heavy atom. The van der Waals surface area contributed by atoms with E-state index in [1.54, 1.807) is 18.2 Å². The van der Waals surface area contributed by atoms with Crippen LogP contribution in [0.4, 0.5) is 0 Å². The van der Waals surface area contributed by atoms with E-state index in [1.807, 2.05) is 49.4 Å². The maximum atomic E-state index is 12.7. The van der Waals surface area contributed by atoms with Crippen molar-refractivity contribution in [3.8, 4) is 0 Å². The maximum absolute atomic E-state index is 12.7. The van der Waals surface area contributed by atoms with Crippen molar-refractivity contribution in [3.05, 3.63) is 101 Å². The lowest BCUT2D eigenvalue weighted by atomic mass is 10.2. The van der Waals surface area contributed by atoms with Crippen molar-refractivity contribution in [2.45, 2.75) is 19.5 Å². The molecule has 0 radical (unpaired) electrons. The zero-order valence-electron chi connectivity index (χ0n) is 15.5. The van der Waals surface area contributed by atoms with Crippen LogP contribution in [-0.2, 0) is 6.54 Å². The van der Waals surface area contributed by atoms with Crippen molar-refractivity contribution in [1.29, 1.82) is 0 Å². The van der Waals surface area contributed by atoms with E-state index >= 15 is 0 Å². The number of aromatic nitrogens is 2. The van der Waals surface area contributed by atoms with E-state index in [2.05, 4.69) is 28.1 Å². The highest BCUT2D eigenvalue weighted by Gasteiger charge is 2.20. The lowest BCUT2D eigenvalue weighted by Crippen LogP contribution is -2.29. The first-order chi connectivity index (χ1) is 13.6. The summed E-state index contributed by atoms with van der Waals surface area (Å²) < 4.78 is 2.15. The second-order valence-corrected chi connectivity index (χ2v) is 7.11. The summed E-state index contributed by atoms with van der Waals surface area (Å²) in [7, 11) is 0. The standard InChI is InChI=1S/C23H20ClN3O/c1-16(25-23(28)18-11-5-6-12-19(18)24)22-26-20-13-7-8-14-21(20)27(22)15-17-9-3-2-4-10-17/h2-14,16H,15H2,1H3,(H,25,28)/t16-/m0/s1. The molecule has 4 rings (SSSR count). The lowest BCUT2D eigenvalue weighted by Gasteiger charge is -2.17.